The van der Waals surface area contributed by atoms with Gasteiger partial charge in [0.1, 0.15) is 0 Å². The molecule has 6 nitrogen and oxygen atoms in total. The molecule has 0 bridgehead atoms. The molecule has 0 heterocycles. The summed E-state index contributed by atoms with van der Waals surface area (Å²) in [5.74, 6) is -0.587. The van der Waals surface area contributed by atoms with Gasteiger partial charge in [0.05, 0.1) is 0 Å². The number of benzene rings is 1. The third-order valence-electron chi connectivity index (χ3n) is 3.12. The molecule has 5 amide bonds. The second kappa shape index (κ2) is 8.73. The smallest absolute Gasteiger partial charge is 0.329 e. The van der Waals surface area contributed by atoms with Gasteiger partial charge in [0.15, 0.2) is 0 Å². The van der Waals surface area contributed by atoms with Crippen LogP contribution in [0.4, 0.5) is 9.59 Å². The normalized spacial score (nSPS) is 10.0. The van der Waals surface area contributed by atoms with E-state index in [2.05, 4.69) is 16.0 Å². The molecule has 0 saturated heterocycles. The molecule has 0 atom stereocenters. The zero-order valence-electron chi connectivity index (χ0n) is 12.3. The molecular weight excluding hydrogens is 270 g/mol. The molecule has 0 aliphatic heterocycles. The van der Waals surface area contributed by atoms with Crippen molar-refractivity contribution in [3.05, 3.63) is 35.9 Å². The fraction of sp³-hybridized carbons (Fsp3) is 0.400. The molecule has 1 aromatic carbocycles. The molecule has 0 spiro atoms. The quantitative estimate of drug-likeness (QED) is 0.777. The second-order valence-corrected chi connectivity index (χ2v) is 4.63. The maximum Gasteiger partial charge on any atom is 0.329 e. The van der Waals surface area contributed by atoms with Crippen molar-refractivity contribution in [2.45, 2.75) is 33.2 Å². The molecule has 1 rings (SSSR count). The molecule has 0 radical (unpaired) electrons. The molecule has 1 aromatic rings. The molecule has 0 aliphatic rings. The minimum Gasteiger partial charge on any atom is -0.334 e. The van der Waals surface area contributed by atoms with Crippen LogP contribution in [0.25, 0.3) is 0 Å². The van der Waals surface area contributed by atoms with Gasteiger partial charge in [0.25, 0.3) is 0 Å². The number of amides is 5. The Labute approximate surface area is 124 Å². The third-order valence-corrected chi connectivity index (χ3v) is 3.12. The van der Waals surface area contributed by atoms with Gasteiger partial charge in [0.2, 0.25) is 5.91 Å². The first-order valence-electron chi connectivity index (χ1n) is 7.00. The van der Waals surface area contributed by atoms with Crippen LogP contribution in [0.5, 0.6) is 0 Å². The SMILES string of the molecule is CCC(CC)C(=O)NC(=O)NC(=O)NCc1ccccc1. The van der Waals surface area contributed by atoms with Crippen molar-refractivity contribution in [3.8, 4) is 0 Å². The zero-order chi connectivity index (χ0) is 15.7. The Morgan fingerprint density at radius 2 is 1.57 bits per heavy atom. The molecule has 0 fully saturated rings. The first-order chi connectivity index (χ1) is 10.1. The van der Waals surface area contributed by atoms with Crippen molar-refractivity contribution in [1.82, 2.24) is 16.0 Å². The fourth-order valence-electron chi connectivity index (χ4n) is 1.83. The first-order valence-corrected chi connectivity index (χ1v) is 7.00. The highest BCUT2D eigenvalue weighted by molar-refractivity contribution is 6.02. The van der Waals surface area contributed by atoms with E-state index in [-0.39, 0.29) is 11.8 Å². The van der Waals surface area contributed by atoms with E-state index in [1.165, 1.54) is 0 Å². The van der Waals surface area contributed by atoms with Crippen molar-refractivity contribution in [1.29, 1.82) is 0 Å². The van der Waals surface area contributed by atoms with Crippen LogP contribution in [0.3, 0.4) is 0 Å². The molecule has 21 heavy (non-hydrogen) atoms. The van der Waals surface area contributed by atoms with Crippen molar-refractivity contribution in [2.24, 2.45) is 5.92 Å². The topological polar surface area (TPSA) is 87.3 Å². The van der Waals surface area contributed by atoms with E-state index in [1.54, 1.807) is 0 Å². The predicted molar refractivity (Wildman–Crippen MR) is 79.4 cm³/mol. The van der Waals surface area contributed by atoms with Crippen LogP contribution in [-0.4, -0.2) is 18.0 Å². The van der Waals surface area contributed by atoms with Crippen molar-refractivity contribution in [2.75, 3.05) is 0 Å². The highest BCUT2D eigenvalue weighted by Crippen LogP contribution is 2.06. The summed E-state index contributed by atoms with van der Waals surface area (Å²) in [6.07, 6.45) is 1.30. The van der Waals surface area contributed by atoms with Gasteiger partial charge in [-0.3, -0.25) is 15.4 Å². The lowest BCUT2D eigenvalue weighted by Gasteiger charge is -2.12. The summed E-state index contributed by atoms with van der Waals surface area (Å²) in [5.41, 5.74) is 0.918. The summed E-state index contributed by atoms with van der Waals surface area (Å²) in [6, 6.07) is 7.85. The van der Waals surface area contributed by atoms with Gasteiger partial charge in [-0.25, -0.2) is 9.59 Å². The van der Waals surface area contributed by atoms with Crippen LogP contribution in [0.1, 0.15) is 32.3 Å². The molecule has 0 aliphatic carbocycles. The van der Waals surface area contributed by atoms with E-state index in [9.17, 15) is 14.4 Å². The molecular formula is C15H21N3O3. The van der Waals surface area contributed by atoms with Crippen molar-refractivity contribution in [3.63, 3.8) is 0 Å². The zero-order valence-corrected chi connectivity index (χ0v) is 12.3. The predicted octanol–water partition coefficient (Wildman–Crippen LogP) is 2.16. The molecule has 114 valence electrons. The Balaban J connectivity index is 2.34. The largest absolute Gasteiger partial charge is 0.334 e. The van der Waals surface area contributed by atoms with Gasteiger partial charge >= 0.3 is 12.1 Å². The lowest BCUT2D eigenvalue weighted by atomic mass is 10.0. The minimum absolute atomic E-state index is 0.219. The Hall–Kier alpha value is -2.37. The van der Waals surface area contributed by atoms with Crippen LogP contribution in [0.15, 0.2) is 30.3 Å². The maximum atomic E-state index is 11.7. The molecule has 3 N–H and O–H groups in total. The van der Waals surface area contributed by atoms with E-state index in [4.69, 9.17) is 0 Å². The van der Waals surface area contributed by atoms with Gasteiger partial charge in [-0.05, 0) is 18.4 Å². The van der Waals surface area contributed by atoms with Crippen LogP contribution in [0, 0.1) is 5.92 Å². The Bertz CT molecular complexity index is 484. The van der Waals surface area contributed by atoms with Gasteiger partial charge < -0.3 is 5.32 Å². The Morgan fingerprint density at radius 1 is 0.952 bits per heavy atom. The van der Waals surface area contributed by atoms with E-state index in [1.807, 2.05) is 44.2 Å². The lowest BCUT2D eigenvalue weighted by Crippen LogP contribution is -2.47. The van der Waals surface area contributed by atoms with Gasteiger partial charge in [0, 0.05) is 12.5 Å². The van der Waals surface area contributed by atoms with Crippen LogP contribution < -0.4 is 16.0 Å². The Morgan fingerprint density at radius 3 is 2.14 bits per heavy atom. The molecule has 0 unspecified atom stereocenters. The van der Waals surface area contributed by atoms with E-state index < -0.39 is 12.1 Å². The van der Waals surface area contributed by atoms with E-state index >= 15 is 0 Å². The minimum atomic E-state index is -0.808. The summed E-state index contributed by atoms with van der Waals surface area (Å²) >= 11 is 0. The number of carbonyl (C=O) groups excluding carboxylic acids is 3. The number of hydrogen-bond donors (Lipinski definition) is 3. The number of hydrogen-bond acceptors (Lipinski definition) is 3. The van der Waals surface area contributed by atoms with Crippen LogP contribution in [-0.2, 0) is 11.3 Å². The van der Waals surface area contributed by atoms with Crippen molar-refractivity contribution < 1.29 is 14.4 Å². The summed E-state index contributed by atoms with van der Waals surface area (Å²) in [5, 5.41) is 6.76. The summed E-state index contributed by atoms with van der Waals surface area (Å²) in [7, 11) is 0. The lowest BCUT2D eigenvalue weighted by molar-refractivity contribution is -0.124. The number of nitrogens with one attached hydrogen (secondary N) is 3. The van der Waals surface area contributed by atoms with Crippen LogP contribution in [0.2, 0.25) is 0 Å². The van der Waals surface area contributed by atoms with E-state index in [0.29, 0.717) is 19.4 Å². The molecule has 0 saturated carbocycles. The first kappa shape index (κ1) is 16.7. The summed E-state index contributed by atoms with van der Waals surface area (Å²) in [4.78, 5) is 34.7. The maximum absolute atomic E-state index is 11.7. The fourth-order valence-corrected chi connectivity index (χ4v) is 1.83. The summed E-state index contributed by atoms with van der Waals surface area (Å²) < 4.78 is 0. The number of rotatable bonds is 5. The average molecular weight is 291 g/mol. The number of carbonyl (C=O) groups is 3. The number of urea groups is 2. The number of imide groups is 2. The third kappa shape index (κ3) is 6.07. The van der Waals surface area contributed by atoms with Gasteiger partial charge in [-0.2, -0.15) is 0 Å². The molecule has 0 aromatic heterocycles. The van der Waals surface area contributed by atoms with Crippen molar-refractivity contribution >= 4 is 18.0 Å². The molecule has 6 heteroatoms. The highest BCUT2D eigenvalue weighted by atomic mass is 16.2. The van der Waals surface area contributed by atoms with Gasteiger partial charge in [-0.15, -0.1) is 0 Å². The highest BCUT2D eigenvalue weighted by Gasteiger charge is 2.17. The average Bonchev–Trinajstić information content (AvgIpc) is 2.47. The second-order valence-electron chi connectivity index (χ2n) is 4.63. The van der Waals surface area contributed by atoms with E-state index in [0.717, 1.165) is 5.56 Å². The summed E-state index contributed by atoms with van der Waals surface area (Å²) in [6.45, 7) is 4.05. The monoisotopic (exact) mass is 291 g/mol. The van der Waals surface area contributed by atoms with Crippen LogP contribution >= 0.6 is 0 Å². The van der Waals surface area contributed by atoms with Gasteiger partial charge in [-0.1, -0.05) is 44.2 Å². The Kier molecular flexibility index (Phi) is 6.94. The standard InChI is InChI=1S/C15H21N3O3/c1-3-12(4-2)13(19)17-15(21)18-14(20)16-10-11-8-6-5-7-9-11/h5-9,12H,3-4,10H2,1-2H3,(H3,16,17,18,19,20,21).